The van der Waals surface area contributed by atoms with Crippen molar-refractivity contribution in [3.8, 4) is 0 Å². The summed E-state index contributed by atoms with van der Waals surface area (Å²) >= 11 is 0. The van der Waals surface area contributed by atoms with Crippen LogP contribution >= 0.6 is 0 Å². The normalized spacial score (nSPS) is 55.6. The first-order valence-electron chi connectivity index (χ1n) is 3.74. The Labute approximate surface area is 65.0 Å². The Morgan fingerprint density at radius 3 is 2.55 bits per heavy atom. The van der Waals surface area contributed by atoms with E-state index in [1.54, 1.807) is 0 Å². The van der Waals surface area contributed by atoms with Crippen LogP contribution in [0.5, 0.6) is 0 Å². The van der Waals surface area contributed by atoms with Crippen LogP contribution in [-0.2, 0) is 14.6 Å². The Hall–Kier alpha value is -0.350. The van der Waals surface area contributed by atoms with E-state index in [4.69, 9.17) is 4.74 Å². The standard InChI is InChI=1S/C7H8O3S/c8-11(9)3-4-5-1-2-6(10-5)7(4)11/h1-2,4-7H,3H2/t4-,5-,6+,7-/m1/s1. The van der Waals surface area contributed by atoms with Crippen molar-refractivity contribution in [2.75, 3.05) is 5.75 Å². The van der Waals surface area contributed by atoms with Crippen molar-refractivity contribution < 1.29 is 13.2 Å². The molecular weight excluding hydrogens is 164 g/mol. The number of rotatable bonds is 0. The molecule has 0 aromatic carbocycles. The smallest absolute Gasteiger partial charge is 0.156 e. The van der Waals surface area contributed by atoms with Gasteiger partial charge in [0.15, 0.2) is 9.84 Å². The first-order chi connectivity index (χ1) is 5.18. The molecule has 0 radical (unpaired) electrons. The van der Waals surface area contributed by atoms with Gasteiger partial charge in [0.05, 0.1) is 23.2 Å². The summed E-state index contributed by atoms with van der Waals surface area (Å²) < 4.78 is 27.8. The molecule has 4 heteroatoms. The maximum atomic E-state index is 11.2. The second-order valence-electron chi connectivity index (χ2n) is 3.41. The minimum absolute atomic E-state index is 0.105. The molecule has 3 aliphatic heterocycles. The third-order valence-electron chi connectivity index (χ3n) is 2.81. The Bertz CT molecular complexity index is 330. The van der Waals surface area contributed by atoms with E-state index in [2.05, 4.69) is 0 Å². The van der Waals surface area contributed by atoms with Gasteiger partial charge < -0.3 is 4.74 Å². The van der Waals surface area contributed by atoms with Gasteiger partial charge in [-0.2, -0.15) is 0 Å². The Morgan fingerprint density at radius 1 is 1.27 bits per heavy atom. The maximum absolute atomic E-state index is 11.2. The maximum Gasteiger partial charge on any atom is 0.156 e. The van der Waals surface area contributed by atoms with E-state index in [9.17, 15) is 8.42 Å². The summed E-state index contributed by atoms with van der Waals surface area (Å²) in [4.78, 5) is 0. The molecule has 0 aromatic rings. The lowest BCUT2D eigenvalue weighted by molar-refractivity contribution is 0.113. The van der Waals surface area contributed by atoms with Crippen molar-refractivity contribution in [2.24, 2.45) is 5.92 Å². The molecule has 3 aliphatic rings. The molecule has 0 spiro atoms. The number of hydrogen-bond donors (Lipinski definition) is 0. The molecule has 2 bridgehead atoms. The Kier molecular flexibility index (Phi) is 0.868. The molecule has 3 nitrogen and oxygen atoms in total. The number of ether oxygens (including phenoxy) is 1. The van der Waals surface area contributed by atoms with Gasteiger partial charge in [-0.05, 0) is 0 Å². The monoisotopic (exact) mass is 172 g/mol. The second kappa shape index (κ2) is 1.54. The van der Waals surface area contributed by atoms with E-state index in [-0.39, 0.29) is 23.4 Å². The molecule has 3 rings (SSSR count). The van der Waals surface area contributed by atoms with Crippen LogP contribution in [-0.4, -0.2) is 31.6 Å². The van der Waals surface area contributed by atoms with Crippen molar-refractivity contribution in [3.05, 3.63) is 12.2 Å². The Morgan fingerprint density at radius 2 is 2.00 bits per heavy atom. The van der Waals surface area contributed by atoms with Crippen LogP contribution in [0.15, 0.2) is 12.2 Å². The second-order valence-corrected chi connectivity index (χ2v) is 5.61. The molecule has 11 heavy (non-hydrogen) atoms. The average Bonchev–Trinajstić information content (AvgIpc) is 2.41. The number of fused-ring (bicyclic) bond motifs is 5. The van der Waals surface area contributed by atoms with Crippen LogP contribution in [0.2, 0.25) is 0 Å². The van der Waals surface area contributed by atoms with Gasteiger partial charge in [-0.1, -0.05) is 12.2 Å². The zero-order valence-corrected chi connectivity index (χ0v) is 6.62. The summed E-state index contributed by atoms with van der Waals surface area (Å²) in [6, 6.07) is 0. The van der Waals surface area contributed by atoms with Crippen molar-refractivity contribution in [1.29, 1.82) is 0 Å². The van der Waals surface area contributed by atoms with E-state index >= 15 is 0 Å². The van der Waals surface area contributed by atoms with Crippen molar-refractivity contribution in [1.82, 2.24) is 0 Å². The van der Waals surface area contributed by atoms with Crippen molar-refractivity contribution in [3.63, 3.8) is 0 Å². The molecular formula is C7H8O3S. The van der Waals surface area contributed by atoms with Gasteiger partial charge in [-0.25, -0.2) is 8.42 Å². The number of sulfone groups is 1. The van der Waals surface area contributed by atoms with Crippen LogP contribution in [0.4, 0.5) is 0 Å². The first kappa shape index (κ1) is 6.20. The highest BCUT2D eigenvalue weighted by molar-refractivity contribution is 7.93. The van der Waals surface area contributed by atoms with Gasteiger partial charge in [-0.15, -0.1) is 0 Å². The molecule has 0 amide bonds. The van der Waals surface area contributed by atoms with Gasteiger partial charge >= 0.3 is 0 Å². The molecule has 60 valence electrons. The minimum Gasteiger partial charge on any atom is -0.365 e. The van der Waals surface area contributed by atoms with Gasteiger partial charge in [0, 0.05) is 5.92 Å². The highest BCUT2D eigenvalue weighted by Crippen LogP contribution is 2.46. The van der Waals surface area contributed by atoms with Gasteiger partial charge in [0.1, 0.15) is 0 Å². The molecule has 0 saturated carbocycles. The molecule has 4 atom stereocenters. The fourth-order valence-electron chi connectivity index (χ4n) is 2.27. The van der Waals surface area contributed by atoms with E-state index in [1.807, 2.05) is 12.2 Å². The molecule has 2 saturated heterocycles. The highest BCUT2D eigenvalue weighted by Gasteiger charge is 2.60. The van der Waals surface area contributed by atoms with Gasteiger partial charge in [0.2, 0.25) is 0 Å². The largest absolute Gasteiger partial charge is 0.365 e. The van der Waals surface area contributed by atoms with Crippen LogP contribution < -0.4 is 0 Å². The van der Waals surface area contributed by atoms with E-state index < -0.39 is 9.84 Å². The summed E-state index contributed by atoms with van der Waals surface area (Å²) in [5.41, 5.74) is 0. The molecule has 0 aromatic heterocycles. The lowest BCUT2D eigenvalue weighted by Crippen LogP contribution is -2.51. The van der Waals surface area contributed by atoms with Crippen LogP contribution in [0.3, 0.4) is 0 Å². The van der Waals surface area contributed by atoms with Crippen LogP contribution in [0.25, 0.3) is 0 Å². The fraction of sp³-hybridized carbons (Fsp3) is 0.714. The molecule has 3 heterocycles. The predicted molar refractivity (Wildman–Crippen MR) is 38.9 cm³/mol. The molecule has 2 fully saturated rings. The summed E-state index contributed by atoms with van der Waals surface area (Å²) in [6.45, 7) is 0. The zero-order chi connectivity index (χ0) is 7.64. The molecule has 0 N–H and O–H groups in total. The zero-order valence-electron chi connectivity index (χ0n) is 5.80. The predicted octanol–water partition coefficient (Wildman–Crippen LogP) is -0.263. The average molecular weight is 172 g/mol. The van der Waals surface area contributed by atoms with Crippen molar-refractivity contribution in [2.45, 2.75) is 17.5 Å². The summed E-state index contributed by atoms with van der Waals surface area (Å²) in [5, 5.41) is -0.197. The van der Waals surface area contributed by atoms with Gasteiger partial charge in [-0.3, -0.25) is 0 Å². The minimum atomic E-state index is -2.77. The summed E-state index contributed by atoms with van der Waals surface area (Å²) in [5.74, 6) is 0.610. The van der Waals surface area contributed by atoms with E-state index in [1.165, 1.54) is 0 Å². The lowest BCUT2D eigenvalue weighted by Gasteiger charge is -2.33. The van der Waals surface area contributed by atoms with E-state index in [0.29, 0.717) is 5.75 Å². The third kappa shape index (κ3) is 0.564. The Balaban J connectivity index is 2.09. The lowest BCUT2D eigenvalue weighted by atomic mass is 9.94. The number of hydrogen-bond acceptors (Lipinski definition) is 3. The summed E-state index contributed by atoms with van der Waals surface area (Å²) in [7, 11) is -2.77. The van der Waals surface area contributed by atoms with E-state index in [0.717, 1.165) is 0 Å². The topological polar surface area (TPSA) is 43.4 Å². The summed E-state index contributed by atoms with van der Waals surface area (Å²) in [6.07, 6.45) is 3.85. The molecule has 0 aliphatic carbocycles. The SMILES string of the molecule is O=S1(=O)C[C@H]2[C@@H]1[C@@H]1C=C[C@H]2O1. The van der Waals surface area contributed by atoms with Gasteiger partial charge in [0.25, 0.3) is 0 Å². The van der Waals surface area contributed by atoms with Crippen LogP contribution in [0, 0.1) is 5.92 Å². The molecule has 0 unspecified atom stereocenters. The third-order valence-corrected chi connectivity index (χ3v) is 5.11. The van der Waals surface area contributed by atoms with Crippen molar-refractivity contribution >= 4 is 9.84 Å². The quantitative estimate of drug-likeness (QED) is 0.473. The first-order valence-corrected chi connectivity index (χ1v) is 5.45. The highest BCUT2D eigenvalue weighted by atomic mass is 32.2. The van der Waals surface area contributed by atoms with Crippen LogP contribution in [0.1, 0.15) is 0 Å². The fourth-order valence-corrected chi connectivity index (χ4v) is 4.41.